The fourth-order valence-corrected chi connectivity index (χ4v) is 1.82. The summed E-state index contributed by atoms with van der Waals surface area (Å²) in [7, 11) is 1.88. The molecular formula is C7H19N2O3PS. The SMILES string of the molecule is CCC(NCCCNC)OP(O)(O)=S. The molecule has 1 unspecified atom stereocenters. The molecule has 14 heavy (non-hydrogen) atoms. The van der Waals surface area contributed by atoms with E-state index in [1.54, 1.807) is 0 Å². The van der Waals surface area contributed by atoms with Gasteiger partial charge in [0.2, 0.25) is 0 Å². The van der Waals surface area contributed by atoms with Gasteiger partial charge in [-0.2, -0.15) is 0 Å². The third-order valence-corrected chi connectivity index (χ3v) is 2.40. The zero-order valence-electron chi connectivity index (χ0n) is 8.56. The van der Waals surface area contributed by atoms with E-state index in [0.717, 1.165) is 19.5 Å². The molecule has 4 N–H and O–H groups in total. The molecule has 0 aliphatic rings. The molecule has 0 rings (SSSR count). The molecular weight excluding hydrogens is 223 g/mol. The largest absolute Gasteiger partial charge is 0.324 e. The Morgan fingerprint density at radius 3 is 2.50 bits per heavy atom. The van der Waals surface area contributed by atoms with Gasteiger partial charge < -0.3 is 15.1 Å². The van der Waals surface area contributed by atoms with Gasteiger partial charge in [-0.3, -0.25) is 9.84 Å². The maximum atomic E-state index is 8.93. The van der Waals surface area contributed by atoms with Gasteiger partial charge in [-0.05, 0) is 44.8 Å². The van der Waals surface area contributed by atoms with Crippen LogP contribution in [0.1, 0.15) is 19.8 Å². The van der Waals surface area contributed by atoms with E-state index in [2.05, 4.69) is 22.4 Å². The summed E-state index contributed by atoms with van der Waals surface area (Å²) < 4.78 is 4.87. The molecule has 0 amide bonds. The Hall–Kier alpha value is 0.450. The molecule has 0 bridgehead atoms. The van der Waals surface area contributed by atoms with Crippen molar-refractivity contribution in [3.63, 3.8) is 0 Å². The van der Waals surface area contributed by atoms with Crippen LogP contribution in [-0.2, 0) is 16.3 Å². The van der Waals surface area contributed by atoms with Crippen molar-refractivity contribution in [2.45, 2.75) is 26.0 Å². The molecule has 0 aromatic rings. The Balaban J connectivity index is 3.64. The summed E-state index contributed by atoms with van der Waals surface area (Å²) in [6.07, 6.45) is 1.24. The summed E-state index contributed by atoms with van der Waals surface area (Å²) in [5.41, 5.74) is 0. The van der Waals surface area contributed by atoms with Crippen LogP contribution in [-0.4, -0.2) is 36.2 Å². The third kappa shape index (κ3) is 9.02. The molecule has 0 spiro atoms. The van der Waals surface area contributed by atoms with Crippen LogP contribution in [0.2, 0.25) is 0 Å². The molecule has 5 nitrogen and oxygen atoms in total. The molecule has 0 saturated heterocycles. The fourth-order valence-electron chi connectivity index (χ4n) is 0.950. The van der Waals surface area contributed by atoms with Crippen molar-refractivity contribution in [3.8, 4) is 0 Å². The van der Waals surface area contributed by atoms with E-state index < -0.39 is 6.72 Å². The van der Waals surface area contributed by atoms with Crippen molar-refractivity contribution in [2.24, 2.45) is 0 Å². The molecule has 0 aliphatic carbocycles. The second-order valence-corrected chi connectivity index (χ2v) is 5.52. The average molecular weight is 242 g/mol. The Bertz CT molecular complexity index is 188. The van der Waals surface area contributed by atoms with Gasteiger partial charge >= 0.3 is 6.72 Å². The quantitative estimate of drug-likeness (QED) is 0.276. The van der Waals surface area contributed by atoms with E-state index in [9.17, 15) is 0 Å². The lowest BCUT2D eigenvalue weighted by Gasteiger charge is -2.19. The molecule has 0 fully saturated rings. The van der Waals surface area contributed by atoms with E-state index in [-0.39, 0.29) is 6.23 Å². The van der Waals surface area contributed by atoms with Crippen LogP contribution in [0.25, 0.3) is 0 Å². The van der Waals surface area contributed by atoms with E-state index in [0.29, 0.717) is 6.42 Å². The van der Waals surface area contributed by atoms with Gasteiger partial charge in [0.25, 0.3) is 0 Å². The summed E-state index contributed by atoms with van der Waals surface area (Å²) in [5, 5.41) is 6.05. The number of rotatable bonds is 8. The van der Waals surface area contributed by atoms with Gasteiger partial charge in [-0.25, -0.2) is 0 Å². The predicted octanol–water partition coefficient (Wildman–Crippen LogP) is 0.147. The van der Waals surface area contributed by atoms with Gasteiger partial charge in [-0.15, -0.1) is 0 Å². The lowest BCUT2D eigenvalue weighted by atomic mass is 10.4. The van der Waals surface area contributed by atoms with Crippen molar-refractivity contribution in [3.05, 3.63) is 0 Å². The maximum Gasteiger partial charge on any atom is 0.323 e. The summed E-state index contributed by atoms with van der Waals surface area (Å²) in [6, 6.07) is 0. The first-order chi connectivity index (χ1) is 6.49. The minimum atomic E-state index is -3.54. The van der Waals surface area contributed by atoms with Crippen molar-refractivity contribution in [1.29, 1.82) is 0 Å². The average Bonchev–Trinajstić information content (AvgIpc) is 2.08. The molecule has 0 aromatic heterocycles. The number of nitrogens with one attached hydrogen (secondary N) is 2. The first-order valence-electron chi connectivity index (χ1n) is 4.61. The van der Waals surface area contributed by atoms with Crippen molar-refractivity contribution >= 4 is 18.5 Å². The van der Waals surface area contributed by atoms with Crippen molar-refractivity contribution in [1.82, 2.24) is 10.6 Å². The van der Waals surface area contributed by atoms with Gasteiger partial charge in [0.05, 0.1) is 0 Å². The zero-order valence-corrected chi connectivity index (χ0v) is 10.3. The zero-order chi connectivity index (χ0) is 11.0. The second-order valence-electron chi connectivity index (χ2n) is 2.90. The van der Waals surface area contributed by atoms with Crippen LogP contribution in [0.3, 0.4) is 0 Å². The highest BCUT2D eigenvalue weighted by Gasteiger charge is 2.15. The van der Waals surface area contributed by atoms with Crippen LogP contribution in [0.5, 0.6) is 0 Å². The molecule has 0 aliphatic heterocycles. The van der Waals surface area contributed by atoms with Crippen LogP contribution in [0.15, 0.2) is 0 Å². The minimum absolute atomic E-state index is 0.368. The molecule has 0 saturated carbocycles. The van der Waals surface area contributed by atoms with Crippen molar-refractivity contribution < 1.29 is 14.3 Å². The van der Waals surface area contributed by atoms with E-state index in [4.69, 9.17) is 14.3 Å². The molecule has 1 atom stereocenters. The normalized spacial score (nSPS) is 14.3. The number of hydrogen-bond donors (Lipinski definition) is 4. The van der Waals surface area contributed by atoms with Crippen LogP contribution < -0.4 is 10.6 Å². The number of hydrogen-bond acceptors (Lipinski definition) is 4. The molecule has 0 radical (unpaired) electrons. The minimum Gasteiger partial charge on any atom is -0.324 e. The Labute approximate surface area is 90.1 Å². The fraction of sp³-hybridized carbons (Fsp3) is 1.00. The van der Waals surface area contributed by atoms with E-state index in [1.165, 1.54) is 0 Å². The summed E-state index contributed by atoms with van der Waals surface area (Å²) >= 11 is 4.38. The lowest BCUT2D eigenvalue weighted by Crippen LogP contribution is -2.32. The Morgan fingerprint density at radius 1 is 1.43 bits per heavy atom. The first kappa shape index (κ1) is 14.5. The summed E-state index contributed by atoms with van der Waals surface area (Å²) in [6.45, 7) is 0.0220. The van der Waals surface area contributed by atoms with E-state index >= 15 is 0 Å². The maximum absolute atomic E-state index is 8.93. The monoisotopic (exact) mass is 242 g/mol. The first-order valence-corrected chi connectivity index (χ1v) is 7.24. The highest BCUT2D eigenvalue weighted by atomic mass is 32.5. The topological polar surface area (TPSA) is 73.8 Å². The van der Waals surface area contributed by atoms with Gasteiger partial charge in [-0.1, -0.05) is 6.92 Å². The molecule has 0 aromatic carbocycles. The smallest absolute Gasteiger partial charge is 0.323 e. The Morgan fingerprint density at radius 2 is 2.07 bits per heavy atom. The third-order valence-electron chi connectivity index (χ3n) is 1.61. The second kappa shape index (κ2) is 7.70. The highest BCUT2D eigenvalue weighted by molar-refractivity contribution is 8.06. The van der Waals surface area contributed by atoms with Crippen LogP contribution >= 0.6 is 6.72 Å². The standard InChI is InChI=1S/C7H19N2O3PS/c1-3-7(12-13(10,11)14)9-6-4-5-8-2/h7-9H,3-6H2,1-2H3,(H2,10,11,14). The molecule has 86 valence electrons. The van der Waals surface area contributed by atoms with E-state index in [1.807, 2.05) is 14.0 Å². The lowest BCUT2D eigenvalue weighted by molar-refractivity contribution is 0.134. The van der Waals surface area contributed by atoms with Crippen LogP contribution in [0, 0.1) is 0 Å². The van der Waals surface area contributed by atoms with Crippen molar-refractivity contribution in [2.75, 3.05) is 20.1 Å². The van der Waals surface area contributed by atoms with Gasteiger partial charge in [0, 0.05) is 0 Å². The highest BCUT2D eigenvalue weighted by Crippen LogP contribution is 2.37. The summed E-state index contributed by atoms with van der Waals surface area (Å²) in [4.78, 5) is 17.9. The van der Waals surface area contributed by atoms with Gasteiger partial charge in [0.1, 0.15) is 6.23 Å². The molecule has 0 heterocycles. The Kier molecular flexibility index (Phi) is 7.95. The van der Waals surface area contributed by atoms with Gasteiger partial charge in [0.15, 0.2) is 0 Å². The van der Waals surface area contributed by atoms with Crippen LogP contribution in [0.4, 0.5) is 0 Å². The molecule has 7 heteroatoms. The summed E-state index contributed by atoms with van der Waals surface area (Å²) in [5.74, 6) is 0. The predicted molar refractivity (Wildman–Crippen MR) is 60.4 cm³/mol.